The summed E-state index contributed by atoms with van der Waals surface area (Å²) < 4.78 is 17.1. The number of amides is 1. The second kappa shape index (κ2) is 7.09. The number of nitrogens with one attached hydrogen (secondary N) is 1. The summed E-state index contributed by atoms with van der Waals surface area (Å²) in [5.41, 5.74) is 3.91. The Hall–Kier alpha value is -2.60. The molecule has 1 unspecified atom stereocenters. The highest BCUT2D eigenvalue weighted by molar-refractivity contribution is 6.07. The summed E-state index contributed by atoms with van der Waals surface area (Å²) in [7, 11) is 0. The van der Waals surface area contributed by atoms with E-state index in [0.29, 0.717) is 23.3 Å². The molecule has 6 nitrogen and oxygen atoms in total. The Bertz CT molecular complexity index is 1130. The Morgan fingerprint density at radius 1 is 1.14 bits per heavy atom. The second-order valence-electron chi connectivity index (χ2n) is 7.66. The highest BCUT2D eigenvalue weighted by atomic mass is 16.5. The molecule has 1 fully saturated rings. The van der Waals surface area contributed by atoms with E-state index in [4.69, 9.17) is 13.6 Å². The molecule has 1 N–H and O–H groups in total. The fourth-order valence-corrected chi connectivity index (χ4v) is 4.09. The van der Waals surface area contributed by atoms with Gasteiger partial charge in [-0.05, 0) is 63.3 Å². The molecular formula is C22H25NO5. The number of hydrogen-bond donors (Lipinski definition) is 1. The summed E-state index contributed by atoms with van der Waals surface area (Å²) >= 11 is 0. The van der Waals surface area contributed by atoms with Crippen LogP contribution in [0.3, 0.4) is 0 Å². The first-order valence-corrected chi connectivity index (χ1v) is 9.70. The predicted octanol–water partition coefficient (Wildman–Crippen LogP) is 3.61. The van der Waals surface area contributed by atoms with Gasteiger partial charge in [0.05, 0.1) is 23.5 Å². The lowest BCUT2D eigenvalue weighted by molar-refractivity contribution is -0.121. The summed E-state index contributed by atoms with van der Waals surface area (Å²) in [6, 6.07) is 1.87. The molecule has 28 heavy (non-hydrogen) atoms. The van der Waals surface area contributed by atoms with Gasteiger partial charge < -0.3 is 18.9 Å². The number of benzene rings is 1. The first-order chi connectivity index (χ1) is 13.4. The van der Waals surface area contributed by atoms with Crippen LogP contribution in [0.4, 0.5) is 0 Å². The predicted molar refractivity (Wildman–Crippen MR) is 107 cm³/mol. The summed E-state index contributed by atoms with van der Waals surface area (Å²) in [5.74, 6) is 0.632. The zero-order chi connectivity index (χ0) is 20.0. The molecule has 1 atom stereocenters. The van der Waals surface area contributed by atoms with Crippen molar-refractivity contribution in [1.29, 1.82) is 0 Å². The Balaban J connectivity index is 1.73. The molecule has 3 heterocycles. The Morgan fingerprint density at radius 2 is 1.93 bits per heavy atom. The number of fused-ring (bicyclic) bond motifs is 3. The zero-order valence-electron chi connectivity index (χ0n) is 16.7. The molecule has 1 aromatic carbocycles. The molecule has 4 rings (SSSR count). The number of hydrogen-bond acceptors (Lipinski definition) is 5. The van der Waals surface area contributed by atoms with E-state index in [-0.39, 0.29) is 18.4 Å². The third-order valence-electron chi connectivity index (χ3n) is 5.77. The van der Waals surface area contributed by atoms with Crippen LogP contribution >= 0.6 is 0 Å². The van der Waals surface area contributed by atoms with Gasteiger partial charge >= 0.3 is 5.63 Å². The normalized spacial score (nSPS) is 16.9. The van der Waals surface area contributed by atoms with E-state index < -0.39 is 5.63 Å². The molecule has 3 aromatic rings. The van der Waals surface area contributed by atoms with E-state index in [1.165, 1.54) is 0 Å². The van der Waals surface area contributed by atoms with E-state index in [0.717, 1.165) is 52.7 Å². The molecule has 0 spiro atoms. The van der Waals surface area contributed by atoms with Crippen molar-refractivity contribution in [3.63, 3.8) is 0 Å². The van der Waals surface area contributed by atoms with Crippen molar-refractivity contribution in [2.45, 2.75) is 53.1 Å². The topological polar surface area (TPSA) is 81.7 Å². The lowest BCUT2D eigenvalue weighted by Crippen LogP contribution is -2.34. The molecule has 1 aliphatic rings. The Labute approximate surface area is 162 Å². The van der Waals surface area contributed by atoms with Gasteiger partial charge in [0.2, 0.25) is 5.91 Å². The van der Waals surface area contributed by atoms with Crippen molar-refractivity contribution in [2.75, 3.05) is 13.2 Å². The van der Waals surface area contributed by atoms with E-state index in [1.807, 2.05) is 33.8 Å². The lowest BCUT2D eigenvalue weighted by atomic mass is 9.98. The van der Waals surface area contributed by atoms with Crippen LogP contribution < -0.4 is 10.9 Å². The van der Waals surface area contributed by atoms with Crippen LogP contribution in [0, 0.1) is 27.7 Å². The number of furan rings is 1. The lowest BCUT2D eigenvalue weighted by Gasteiger charge is -2.12. The van der Waals surface area contributed by atoms with Crippen molar-refractivity contribution in [3.05, 3.63) is 44.5 Å². The molecule has 148 valence electrons. The summed E-state index contributed by atoms with van der Waals surface area (Å²) in [4.78, 5) is 25.0. The molecule has 1 aliphatic heterocycles. The monoisotopic (exact) mass is 383 g/mol. The highest BCUT2D eigenvalue weighted by Crippen LogP contribution is 2.36. The van der Waals surface area contributed by atoms with Gasteiger partial charge in [-0.3, -0.25) is 4.79 Å². The van der Waals surface area contributed by atoms with Crippen molar-refractivity contribution >= 4 is 27.8 Å². The Kier molecular flexibility index (Phi) is 4.75. The zero-order valence-corrected chi connectivity index (χ0v) is 16.7. The largest absolute Gasteiger partial charge is 0.460 e. The smallest absolute Gasteiger partial charge is 0.340 e. The van der Waals surface area contributed by atoms with Crippen LogP contribution in [0.2, 0.25) is 0 Å². The average molecular weight is 383 g/mol. The van der Waals surface area contributed by atoms with Gasteiger partial charge in [0.1, 0.15) is 16.9 Å². The van der Waals surface area contributed by atoms with Crippen molar-refractivity contribution < 1.29 is 18.4 Å². The van der Waals surface area contributed by atoms with Crippen LogP contribution in [0.1, 0.15) is 40.9 Å². The van der Waals surface area contributed by atoms with Crippen molar-refractivity contribution in [3.8, 4) is 0 Å². The van der Waals surface area contributed by atoms with E-state index in [9.17, 15) is 9.59 Å². The van der Waals surface area contributed by atoms with E-state index in [2.05, 4.69) is 5.32 Å². The van der Waals surface area contributed by atoms with Crippen LogP contribution in [0.25, 0.3) is 21.9 Å². The summed E-state index contributed by atoms with van der Waals surface area (Å²) in [6.45, 7) is 8.99. The van der Waals surface area contributed by atoms with Gasteiger partial charge in [0, 0.05) is 18.5 Å². The van der Waals surface area contributed by atoms with Gasteiger partial charge in [0.15, 0.2) is 0 Å². The van der Waals surface area contributed by atoms with E-state index in [1.54, 1.807) is 0 Å². The molecule has 0 saturated carbocycles. The van der Waals surface area contributed by atoms with Gasteiger partial charge in [-0.25, -0.2) is 4.79 Å². The van der Waals surface area contributed by atoms with Gasteiger partial charge in [-0.2, -0.15) is 0 Å². The molecule has 1 amide bonds. The maximum atomic E-state index is 12.6. The van der Waals surface area contributed by atoms with Crippen LogP contribution in [0.5, 0.6) is 0 Å². The van der Waals surface area contributed by atoms with Gasteiger partial charge in [-0.1, -0.05) is 0 Å². The molecule has 1 saturated heterocycles. The third-order valence-corrected chi connectivity index (χ3v) is 5.77. The summed E-state index contributed by atoms with van der Waals surface area (Å²) in [5, 5.41) is 4.67. The van der Waals surface area contributed by atoms with Crippen molar-refractivity contribution in [1.82, 2.24) is 5.32 Å². The standard InChI is InChI=1S/C22H25NO5/c1-11-8-17-20(21-19(11)12(2)14(4)27-21)13(3)16(22(25)28-17)9-18(24)23-10-15-6-5-7-26-15/h8,15H,5-7,9-10H2,1-4H3,(H,23,24). The summed E-state index contributed by atoms with van der Waals surface area (Å²) in [6.07, 6.45) is 2.01. The maximum absolute atomic E-state index is 12.6. The highest BCUT2D eigenvalue weighted by Gasteiger charge is 2.22. The van der Waals surface area contributed by atoms with Crippen LogP contribution in [-0.2, 0) is 16.0 Å². The fraction of sp³-hybridized carbons (Fsp3) is 0.455. The van der Waals surface area contributed by atoms with E-state index >= 15 is 0 Å². The van der Waals surface area contributed by atoms with Gasteiger partial charge in [-0.15, -0.1) is 0 Å². The molecule has 2 aromatic heterocycles. The first-order valence-electron chi connectivity index (χ1n) is 9.70. The number of ether oxygens (including phenoxy) is 1. The van der Waals surface area contributed by atoms with Crippen molar-refractivity contribution in [2.24, 2.45) is 0 Å². The first kappa shape index (κ1) is 18.7. The fourth-order valence-electron chi connectivity index (χ4n) is 4.09. The second-order valence-corrected chi connectivity index (χ2v) is 7.66. The maximum Gasteiger partial charge on any atom is 0.340 e. The molecule has 0 bridgehead atoms. The number of aryl methyl sites for hydroxylation is 4. The van der Waals surface area contributed by atoms with Gasteiger partial charge in [0.25, 0.3) is 0 Å². The molecule has 0 radical (unpaired) electrons. The van der Waals surface area contributed by atoms with Crippen LogP contribution in [0.15, 0.2) is 19.7 Å². The Morgan fingerprint density at radius 3 is 2.64 bits per heavy atom. The third kappa shape index (κ3) is 3.11. The quantitative estimate of drug-likeness (QED) is 0.696. The molecular weight excluding hydrogens is 358 g/mol. The number of rotatable bonds is 4. The minimum absolute atomic E-state index is 0.0229. The number of carbonyl (C=O) groups excluding carboxylic acids is 1. The minimum atomic E-state index is -0.476. The SMILES string of the molecule is Cc1oc2c(c(C)cc3oc(=O)c(CC(=O)NCC4CCCO4)c(C)c32)c1C. The average Bonchev–Trinajstić information content (AvgIpc) is 3.25. The minimum Gasteiger partial charge on any atom is -0.460 e. The molecule has 6 heteroatoms. The number of carbonyl (C=O) groups is 1. The van der Waals surface area contributed by atoms with Crippen LogP contribution in [-0.4, -0.2) is 25.2 Å². The molecule has 0 aliphatic carbocycles.